The Bertz CT molecular complexity index is 424. The zero-order valence-electron chi connectivity index (χ0n) is 11.7. The summed E-state index contributed by atoms with van der Waals surface area (Å²) < 4.78 is 5.12. The minimum absolute atomic E-state index is 0. The number of nitrogens with one attached hydrogen (secondary N) is 1. The van der Waals surface area contributed by atoms with Crippen LogP contribution in [0.25, 0.3) is 0 Å². The predicted molar refractivity (Wildman–Crippen MR) is 92.2 cm³/mol. The van der Waals surface area contributed by atoms with E-state index in [-0.39, 0.29) is 24.0 Å². The summed E-state index contributed by atoms with van der Waals surface area (Å²) in [5.41, 5.74) is 1.10. The number of guanidine groups is 1. The molecule has 1 aromatic rings. The van der Waals surface area contributed by atoms with Crippen LogP contribution < -0.4 is 10.1 Å². The van der Waals surface area contributed by atoms with Gasteiger partial charge in [-0.25, -0.2) is 0 Å². The van der Waals surface area contributed by atoms with E-state index in [0.717, 1.165) is 35.3 Å². The SMILES string of the molecule is CN=C(NCCc1ccc(OC)cc1Cl)N(C)C.I. The molecule has 0 radical (unpaired) electrons. The minimum atomic E-state index is 0. The van der Waals surface area contributed by atoms with E-state index in [0.29, 0.717) is 0 Å². The predicted octanol–water partition coefficient (Wildman–Crippen LogP) is 2.65. The van der Waals surface area contributed by atoms with Crippen LogP contribution in [0.15, 0.2) is 23.2 Å². The number of rotatable bonds is 4. The number of nitrogens with zero attached hydrogens (tertiary/aromatic N) is 2. The van der Waals surface area contributed by atoms with Crippen molar-refractivity contribution >= 4 is 41.5 Å². The molecule has 0 amide bonds. The van der Waals surface area contributed by atoms with Crippen molar-refractivity contribution in [1.82, 2.24) is 10.2 Å². The third kappa shape index (κ3) is 5.86. The molecule has 0 heterocycles. The van der Waals surface area contributed by atoms with Crippen molar-refractivity contribution in [2.45, 2.75) is 6.42 Å². The second-order valence-corrected chi connectivity index (χ2v) is 4.48. The molecule has 108 valence electrons. The summed E-state index contributed by atoms with van der Waals surface area (Å²) in [5, 5.41) is 3.99. The summed E-state index contributed by atoms with van der Waals surface area (Å²) in [4.78, 5) is 6.09. The monoisotopic (exact) mass is 397 g/mol. The van der Waals surface area contributed by atoms with Crippen LogP contribution in [0.3, 0.4) is 0 Å². The Kier molecular flexibility index (Phi) is 8.92. The van der Waals surface area contributed by atoms with E-state index in [1.807, 2.05) is 37.2 Å². The van der Waals surface area contributed by atoms with Crippen LogP contribution in [0.5, 0.6) is 5.75 Å². The topological polar surface area (TPSA) is 36.9 Å². The van der Waals surface area contributed by atoms with Crippen molar-refractivity contribution in [1.29, 1.82) is 0 Å². The number of benzene rings is 1. The van der Waals surface area contributed by atoms with Crippen LogP contribution in [0.4, 0.5) is 0 Å². The Morgan fingerprint density at radius 3 is 2.58 bits per heavy atom. The zero-order valence-corrected chi connectivity index (χ0v) is 14.8. The van der Waals surface area contributed by atoms with Crippen molar-refractivity contribution in [3.05, 3.63) is 28.8 Å². The van der Waals surface area contributed by atoms with Crippen molar-refractivity contribution in [3.8, 4) is 5.75 Å². The normalized spacial score (nSPS) is 10.7. The van der Waals surface area contributed by atoms with Gasteiger partial charge < -0.3 is 15.0 Å². The first kappa shape index (κ1) is 18.3. The fourth-order valence-electron chi connectivity index (χ4n) is 1.60. The number of hydrogen-bond donors (Lipinski definition) is 1. The molecule has 0 unspecified atom stereocenters. The van der Waals surface area contributed by atoms with Crippen molar-refractivity contribution in [3.63, 3.8) is 0 Å². The molecule has 19 heavy (non-hydrogen) atoms. The molecule has 0 saturated carbocycles. The van der Waals surface area contributed by atoms with Crippen LogP contribution in [0.1, 0.15) is 5.56 Å². The highest BCUT2D eigenvalue weighted by Crippen LogP contribution is 2.22. The van der Waals surface area contributed by atoms with Gasteiger partial charge >= 0.3 is 0 Å². The third-order valence-electron chi connectivity index (χ3n) is 2.57. The quantitative estimate of drug-likeness (QED) is 0.482. The van der Waals surface area contributed by atoms with E-state index >= 15 is 0 Å². The smallest absolute Gasteiger partial charge is 0.193 e. The lowest BCUT2D eigenvalue weighted by molar-refractivity contribution is 0.414. The molecule has 4 nitrogen and oxygen atoms in total. The Balaban J connectivity index is 0.00000324. The number of aliphatic imine (C=N–C) groups is 1. The highest BCUT2D eigenvalue weighted by atomic mass is 127. The molecular weight excluding hydrogens is 377 g/mol. The second-order valence-electron chi connectivity index (χ2n) is 4.08. The molecule has 6 heteroatoms. The van der Waals surface area contributed by atoms with Crippen LogP contribution >= 0.6 is 35.6 Å². The lowest BCUT2D eigenvalue weighted by Gasteiger charge is -2.17. The molecule has 0 fully saturated rings. The summed E-state index contributed by atoms with van der Waals surface area (Å²) in [5.74, 6) is 1.64. The second kappa shape index (κ2) is 9.25. The summed E-state index contributed by atoms with van der Waals surface area (Å²) >= 11 is 6.17. The van der Waals surface area contributed by atoms with E-state index < -0.39 is 0 Å². The lowest BCUT2D eigenvalue weighted by atomic mass is 10.1. The highest BCUT2D eigenvalue weighted by Gasteiger charge is 2.04. The summed E-state index contributed by atoms with van der Waals surface area (Å²) in [6.45, 7) is 0.789. The van der Waals surface area contributed by atoms with Crippen LogP contribution in [0.2, 0.25) is 5.02 Å². The molecule has 0 aliphatic heterocycles. The van der Waals surface area contributed by atoms with Gasteiger partial charge in [-0.1, -0.05) is 17.7 Å². The first-order chi connectivity index (χ1) is 8.58. The fraction of sp³-hybridized carbons (Fsp3) is 0.462. The highest BCUT2D eigenvalue weighted by molar-refractivity contribution is 14.0. The Morgan fingerprint density at radius 2 is 2.11 bits per heavy atom. The minimum Gasteiger partial charge on any atom is -0.497 e. The maximum atomic E-state index is 6.17. The van der Waals surface area contributed by atoms with Gasteiger partial charge in [-0.2, -0.15) is 0 Å². The molecule has 0 bridgehead atoms. The molecule has 0 atom stereocenters. The van der Waals surface area contributed by atoms with Gasteiger partial charge in [0.15, 0.2) is 5.96 Å². The first-order valence-corrected chi connectivity index (χ1v) is 6.16. The van der Waals surface area contributed by atoms with Gasteiger partial charge in [0.1, 0.15) is 5.75 Å². The first-order valence-electron chi connectivity index (χ1n) is 5.79. The van der Waals surface area contributed by atoms with Crippen LogP contribution in [-0.2, 0) is 6.42 Å². The zero-order chi connectivity index (χ0) is 13.5. The Hall–Kier alpha value is -0.690. The van der Waals surface area contributed by atoms with Crippen LogP contribution in [-0.4, -0.2) is 45.7 Å². The van der Waals surface area contributed by atoms with Crippen LogP contribution in [0, 0.1) is 0 Å². The molecule has 0 aromatic heterocycles. The van der Waals surface area contributed by atoms with Gasteiger partial charge in [-0.15, -0.1) is 24.0 Å². The standard InChI is InChI=1S/C13H20ClN3O.HI/c1-15-13(17(2)3)16-8-7-10-5-6-11(18-4)9-12(10)14;/h5-6,9H,7-8H2,1-4H3,(H,15,16);1H. The number of halogens is 2. The summed E-state index contributed by atoms with van der Waals surface area (Å²) in [6.07, 6.45) is 0.843. The average Bonchev–Trinajstić information content (AvgIpc) is 2.35. The maximum absolute atomic E-state index is 6.17. The lowest BCUT2D eigenvalue weighted by Crippen LogP contribution is -2.37. The largest absolute Gasteiger partial charge is 0.497 e. The van der Waals surface area contributed by atoms with Gasteiger partial charge in [0.25, 0.3) is 0 Å². The Morgan fingerprint density at radius 1 is 1.42 bits per heavy atom. The fourth-order valence-corrected chi connectivity index (χ4v) is 1.87. The molecule has 1 aromatic carbocycles. The molecular formula is C13H21ClIN3O. The van der Waals surface area contributed by atoms with Crippen molar-refractivity contribution in [2.24, 2.45) is 4.99 Å². The average molecular weight is 398 g/mol. The van der Waals surface area contributed by atoms with E-state index in [1.165, 1.54) is 0 Å². The summed E-state index contributed by atoms with van der Waals surface area (Å²) in [7, 11) is 7.31. The van der Waals surface area contributed by atoms with Gasteiger partial charge in [0.2, 0.25) is 0 Å². The van der Waals surface area contributed by atoms with E-state index in [9.17, 15) is 0 Å². The molecule has 0 aliphatic carbocycles. The number of hydrogen-bond acceptors (Lipinski definition) is 2. The molecule has 1 N–H and O–H groups in total. The van der Waals surface area contributed by atoms with Crippen molar-refractivity contribution in [2.75, 3.05) is 34.8 Å². The van der Waals surface area contributed by atoms with Gasteiger partial charge in [0.05, 0.1) is 7.11 Å². The molecule has 1 rings (SSSR count). The van der Waals surface area contributed by atoms with Crippen molar-refractivity contribution < 1.29 is 4.74 Å². The van der Waals surface area contributed by atoms with E-state index in [2.05, 4.69) is 10.3 Å². The number of ether oxygens (including phenoxy) is 1. The molecule has 0 spiro atoms. The summed E-state index contributed by atoms with van der Waals surface area (Å²) in [6, 6.07) is 5.74. The van der Waals surface area contributed by atoms with E-state index in [4.69, 9.17) is 16.3 Å². The number of methoxy groups -OCH3 is 1. The van der Waals surface area contributed by atoms with E-state index in [1.54, 1.807) is 14.2 Å². The molecule has 0 aliphatic rings. The maximum Gasteiger partial charge on any atom is 0.193 e. The Labute approximate surface area is 137 Å². The van der Waals surface area contributed by atoms with Gasteiger partial charge in [-0.05, 0) is 24.1 Å². The third-order valence-corrected chi connectivity index (χ3v) is 2.92. The van der Waals surface area contributed by atoms with Gasteiger partial charge in [0, 0.05) is 32.7 Å². The van der Waals surface area contributed by atoms with Gasteiger partial charge in [-0.3, -0.25) is 4.99 Å². The molecule has 0 saturated heterocycles.